The number of rotatable bonds is 9. The van der Waals surface area contributed by atoms with E-state index in [4.69, 9.17) is 4.74 Å². The van der Waals surface area contributed by atoms with Crippen molar-refractivity contribution in [2.45, 2.75) is 58.7 Å². The van der Waals surface area contributed by atoms with Gasteiger partial charge in [-0.25, -0.2) is 9.97 Å². The van der Waals surface area contributed by atoms with Gasteiger partial charge in [-0.1, -0.05) is 20.8 Å². The number of ether oxygens (including phenoxy) is 1. The number of nitrogens with one attached hydrogen (secondary N) is 4. The van der Waals surface area contributed by atoms with Crippen LogP contribution in [-0.4, -0.2) is 76.4 Å². The number of fused-ring (bicyclic) bond motifs is 1. The molecule has 13 heteroatoms. The summed E-state index contributed by atoms with van der Waals surface area (Å²) in [6.45, 7) is 7.83. The van der Waals surface area contributed by atoms with Crippen LogP contribution in [0.1, 0.15) is 40.5 Å². The lowest BCUT2D eigenvalue weighted by molar-refractivity contribution is -0.143. The SMILES string of the molecule is CN[C@@H](C)C(=O)N[C@H](C(=O)N1CCC[C@H]1C(=O)Nc1cc2c(Nc3ccncc3)ncnc2cc1OC)C(C)(C)C.Cl. The molecule has 42 heavy (non-hydrogen) atoms. The highest BCUT2D eigenvalue weighted by molar-refractivity contribution is 6.03. The first kappa shape index (κ1) is 32.5. The summed E-state index contributed by atoms with van der Waals surface area (Å²) in [4.78, 5) is 54.5. The number of hydrogen-bond donors (Lipinski definition) is 4. The molecule has 0 bridgehead atoms. The van der Waals surface area contributed by atoms with Crippen molar-refractivity contribution in [1.82, 2.24) is 30.5 Å². The lowest BCUT2D eigenvalue weighted by atomic mass is 9.85. The van der Waals surface area contributed by atoms with Gasteiger partial charge in [-0.2, -0.15) is 0 Å². The number of amides is 3. The standard InChI is InChI=1S/C29H38N8O4.ClH/c1-17(30-5)26(38)36-24(29(2,3)4)28(40)37-13-7-8-22(37)27(39)35-21-14-19-20(15-23(21)41-6)32-16-33-25(19)34-18-9-11-31-12-10-18;/h9-12,14-17,22,24,30H,7-8,13H2,1-6H3,(H,35,39)(H,36,38)(H,31,32,33,34);1H/t17-,22-,24+;/m0./s1. The first-order valence-corrected chi connectivity index (χ1v) is 13.6. The van der Waals surface area contributed by atoms with E-state index in [9.17, 15) is 14.4 Å². The fourth-order valence-electron chi connectivity index (χ4n) is 4.75. The molecule has 3 heterocycles. The molecular formula is C29H39ClN8O4. The fraction of sp³-hybridized carbons (Fsp3) is 0.448. The van der Waals surface area contributed by atoms with Gasteiger partial charge in [0.15, 0.2) is 0 Å². The molecule has 4 N–H and O–H groups in total. The minimum absolute atomic E-state index is 0. The van der Waals surface area contributed by atoms with Crippen LogP contribution in [0.5, 0.6) is 5.75 Å². The summed E-state index contributed by atoms with van der Waals surface area (Å²) < 4.78 is 5.57. The summed E-state index contributed by atoms with van der Waals surface area (Å²) in [7, 11) is 3.20. The Hall–Kier alpha value is -4.03. The van der Waals surface area contributed by atoms with Gasteiger partial charge in [0.1, 0.15) is 30.0 Å². The van der Waals surface area contributed by atoms with Crippen LogP contribution in [0.15, 0.2) is 43.0 Å². The third-order valence-corrected chi connectivity index (χ3v) is 7.22. The lowest BCUT2D eigenvalue weighted by Crippen LogP contribution is -2.59. The van der Waals surface area contributed by atoms with E-state index in [0.717, 1.165) is 5.69 Å². The van der Waals surface area contributed by atoms with Gasteiger partial charge in [0.05, 0.1) is 24.4 Å². The average Bonchev–Trinajstić information content (AvgIpc) is 3.45. The van der Waals surface area contributed by atoms with Gasteiger partial charge in [0.25, 0.3) is 0 Å². The Kier molecular flexibility index (Phi) is 10.6. The van der Waals surface area contributed by atoms with E-state index in [1.807, 2.05) is 32.9 Å². The monoisotopic (exact) mass is 598 g/mol. The summed E-state index contributed by atoms with van der Waals surface area (Å²) in [5, 5.41) is 12.7. The number of likely N-dealkylation sites (N-methyl/N-ethyl adjacent to an activating group) is 1. The van der Waals surface area contributed by atoms with Crippen LogP contribution < -0.4 is 26.0 Å². The number of methoxy groups -OCH3 is 1. The minimum atomic E-state index is -0.798. The number of pyridine rings is 1. The average molecular weight is 599 g/mol. The number of likely N-dealkylation sites (tertiary alicyclic amines) is 1. The Morgan fingerprint density at radius 2 is 1.83 bits per heavy atom. The molecule has 1 aromatic carbocycles. The number of benzene rings is 1. The quantitative estimate of drug-likeness (QED) is 0.291. The minimum Gasteiger partial charge on any atom is -0.494 e. The van der Waals surface area contributed by atoms with Crippen molar-refractivity contribution in [3.63, 3.8) is 0 Å². The van der Waals surface area contributed by atoms with Crippen molar-refractivity contribution < 1.29 is 19.1 Å². The molecule has 3 amide bonds. The summed E-state index contributed by atoms with van der Waals surface area (Å²) in [5.41, 5.74) is 1.29. The van der Waals surface area contributed by atoms with Crippen molar-refractivity contribution in [3.05, 3.63) is 43.0 Å². The molecule has 1 saturated heterocycles. The molecule has 1 aliphatic rings. The van der Waals surface area contributed by atoms with Crippen LogP contribution in [-0.2, 0) is 14.4 Å². The Morgan fingerprint density at radius 3 is 2.48 bits per heavy atom. The molecule has 0 spiro atoms. The first-order chi connectivity index (χ1) is 19.5. The van der Waals surface area contributed by atoms with Gasteiger partial charge in [-0.05, 0) is 50.4 Å². The molecule has 226 valence electrons. The largest absolute Gasteiger partial charge is 0.494 e. The van der Waals surface area contributed by atoms with Crippen LogP contribution in [0.25, 0.3) is 10.9 Å². The van der Waals surface area contributed by atoms with Gasteiger partial charge in [0, 0.05) is 36.1 Å². The van der Waals surface area contributed by atoms with E-state index in [0.29, 0.717) is 47.5 Å². The highest BCUT2D eigenvalue weighted by atomic mass is 35.5. The highest BCUT2D eigenvalue weighted by Crippen LogP contribution is 2.34. The van der Waals surface area contributed by atoms with E-state index in [1.165, 1.54) is 13.4 Å². The van der Waals surface area contributed by atoms with E-state index >= 15 is 0 Å². The topological polar surface area (TPSA) is 150 Å². The summed E-state index contributed by atoms with van der Waals surface area (Å²) in [5.74, 6) is 0.0825. The maximum absolute atomic E-state index is 13.8. The molecule has 3 atom stereocenters. The molecule has 3 aromatic rings. The summed E-state index contributed by atoms with van der Waals surface area (Å²) in [6.07, 6.45) is 5.97. The number of hydrogen-bond acceptors (Lipinski definition) is 9. The second-order valence-electron chi connectivity index (χ2n) is 11.1. The number of carbonyl (C=O) groups excluding carboxylic acids is 3. The van der Waals surface area contributed by atoms with Gasteiger partial charge < -0.3 is 30.9 Å². The molecule has 0 unspecified atom stereocenters. The van der Waals surface area contributed by atoms with Crippen LogP contribution >= 0.6 is 12.4 Å². The van der Waals surface area contributed by atoms with E-state index in [1.54, 1.807) is 43.4 Å². The van der Waals surface area contributed by atoms with Crippen molar-refractivity contribution in [2.75, 3.05) is 31.3 Å². The summed E-state index contributed by atoms with van der Waals surface area (Å²) in [6, 6.07) is 5.16. The second-order valence-corrected chi connectivity index (χ2v) is 11.1. The Bertz CT molecular complexity index is 1420. The number of halogens is 1. The predicted octanol–water partition coefficient (Wildman–Crippen LogP) is 3.27. The van der Waals surface area contributed by atoms with E-state index in [-0.39, 0.29) is 30.1 Å². The second kappa shape index (κ2) is 13.8. The van der Waals surface area contributed by atoms with Gasteiger partial charge in [-0.15, -0.1) is 12.4 Å². The summed E-state index contributed by atoms with van der Waals surface area (Å²) >= 11 is 0. The molecule has 2 aromatic heterocycles. The normalized spacial score (nSPS) is 16.2. The molecular weight excluding hydrogens is 560 g/mol. The maximum Gasteiger partial charge on any atom is 0.247 e. The smallest absolute Gasteiger partial charge is 0.247 e. The van der Waals surface area contributed by atoms with E-state index < -0.39 is 23.5 Å². The van der Waals surface area contributed by atoms with Crippen molar-refractivity contribution in [1.29, 1.82) is 0 Å². The van der Waals surface area contributed by atoms with Crippen molar-refractivity contribution in [3.8, 4) is 5.75 Å². The van der Waals surface area contributed by atoms with E-state index in [2.05, 4.69) is 36.2 Å². The number of anilines is 3. The first-order valence-electron chi connectivity index (χ1n) is 13.6. The van der Waals surface area contributed by atoms with Crippen LogP contribution in [0, 0.1) is 5.41 Å². The predicted molar refractivity (Wildman–Crippen MR) is 164 cm³/mol. The number of carbonyl (C=O) groups is 3. The van der Waals surface area contributed by atoms with Gasteiger partial charge in [0.2, 0.25) is 17.7 Å². The molecule has 1 fully saturated rings. The molecule has 12 nitrogen and oxygen atoms in total. The van der Waals surface area contributed by atoms with Crippen LogP contribution in [0.3, 0.4) is 0 Å². The zero-order valence-corrected chi connectivity index (χ0v) is 25.5. The van der Waals surface area contributed by atoms with Gasteiger partial charge >= 0.3 is 0 Å². The molecule has 0 radical (unpaired) electrons. The molecule has 4 rings (SSSR count). The number of nitrogens with zero attached hydrogens (tertiary/aromatic N) is 4. The zero-order chi connectivity index (χ0) is 29.7. The number of aromatic nitrogens is 3. The van der Waals surface area contributed by atoms with Crippen molar-refractivity contribution >= 4 is 58.2 Å². The van der Waals surface area contributed by atoms with Crippen molar-refractivity contribution in [2.24, 2.45) is 5.41 Å². The Balaban J connectivity index is 0.00000484. The highest BCUT2D eigenvalue weighted by Gasteiger charge is 2.42. The Morgan fingerprint density at radius 1 is 1.12 bits per heavy atom. The van der Waals surface area contributed by atoms with Crippen LogP contribution in [0.4, 0.5) is 17.2 Å². The molecule has 0 saturated carbocycles. The zero-order valence-electron chi connectivity index (χ0n) is 24.7. The molecule has 1 aliphatic heterocycles. The fourth-order valence-corrected chi connectivity index (χ4v) is 4.75. The molecule has 0 aliphatic carbocycles. The Labute approximate surface area is 251 Å². The van der Waals surface area contributed by atoms with Gasteiger partial charge in [-0.3, -0.25) is 19.4 Å². The lowest BCUT2D eigenvalue weighted by Gasteiger charge is -2.36. The third-order valence-electron chi connectivity index (χ3n) is 7.22. The maximum atomic E-state index is 13.8. The third kappa shape index (κ3) is 7.24. The van der Waals surface area contributed by atoms with Crippen LogP contribution in [0.2, 0.25) is 0 Å².